The fourth-order valence-electron chi connectivity index (χ4n) is 5.87. The van der Waals surface area contributed by atoms with Crippen LogP contribution in [0.5, 0.6) is 0 Å². The van der Waals surface area contributed by atoms with E-state index >= 15 is 0 Å². The molecular weight excluding hydrogens is 510 g/mol. The minimum Gasteiger partial charge on any atom is -0.391 e. The Morgan fingerprint density at radius 2 is 1.72 bits per heavy atom. The van der Waals surface area contributed by atoms with E-state index in [0.717, 1.165) is 6.07 Å². The average Bonchev–Trinajstić information content (AvgIpc) is 3.48. The summed E-state index contributed by atoms with van der Waals surface area (Å²) in [6, 6.07) is 7.75. The van der Waals surface area contributed by atoms with Crippen LogP contribution < -0.4 is 0 Å². The highest BCUT2D eigenvalue weighted by atomic mass is 35.5. The van der Waals surface area contributed by atoms with Gasteiger partial charge in [0.2, 0.25) is 15.9 Å². The standard InChI is InChI=1S/C26H29ClF2N2O4S/c27-18-4-6-22(7-5-18)36(34,35)31-23(17-12-19(28)14-20(29)13-17)2-1-3-24(31)26(9-10-26)15-25(33)30-11-8-21(32)16-30/h4-7,12-14,21,23-24,32H,1-3,8-11,15-16H2. The molecule has 2 aromatic carbocycles. The van der Waals surface area contributed by atoms with Gasteiger partial charge in [-0.3, -0.25) is 4.79 Å². The van der Waals surface area contributed by atoms with Crippen molar-refractivity contribution in [3.63, 3.8) is 0 Å². The Morgan fingerprint density at radius 1 is 1.06 bits per heavy atom. The summed E-state index contributed by atoms with van der Waals surface area (Å²) < 4.78 is 58.0. The van der Waals surface area contributed by atoms with Crippen molar-refractivity contribution in [2.45, 2.75) is 68.0 Å². The molecule has 3 aliphatic rings. The molecule has 36 heavy (non-hydrogen) atoms. The van der Waals surface area contributed by atoms with E-state index in [0.29, 0.717) is 50.1 Å². The topological polar surface area (TPSA) is 77.9 Å². The van der Waals surface area contributed by atoms with Gasteiger partial charge in [-0.05, 0) is 85.9 Å². The number of carbonyl (C=O) groups is 1. The number of nitrogens with zero attached hydrogens (tertiary/aromatic N) is 2. The van der Waals surface area contributed by atoms with Gasteiger partial charge in [0.1, 0.15) is 11.6 Å². The molecule has 0 radical (unpaired) electrons. The minimum atomic E-state index is -4.09. The number of carbonyl (C=O) groups excluding carboxylic acids is 1. The molecule has 2 aromatic rings. The lowest BCUT2D eigenvalue weighted by molar-refractivity contribution is -0.132. The van der Waals surface area contributed by atoms with Gasteiger partial charge in [0.15, 0.2) is 0 Å². The molecular formula is C26H29ClF2N2O4S. The molecule has 1 saturated carbocycles. The number of hydrogen-bond acceptors (Lipinski definition) is 4. The van der Waals surface area contributed by atoms with Gasteiger partial charge in [-0.25, -0.2) is 17.2 Å². The maximum atomic E-state index is 14.2. The monoisotopic (exact) mass is 538 g/mol. The molecule has 3 unspecified atom stereocenters. The van der Waals surface area contributed by atoms with Crippen LogP contribution in [0.15, 0.2) is 47.4 Å². The Hall–Kier alpha value is -2.07. The van der Waals surface area contributed by atoms with Crippen LogP contribution in [0.25, 0.3) is 0 Å². The SMILES string of the molecule is O=C(CC1(C2CCCC(c3cc(F)cc(F)c3)N2S(=O)(=O)c2ccc(Cl)cc2)CC1)N1CCC(O)C1. The zero-order valence-electron chi connectivity index (χ0n) is 19.7. The van der Waals surface area contributed by atoms with E-state index in [2.05, 4.69) is 0 Å². The van der Waals surface area contributed by atoms with Crippen LogP contribution in [0.2, 0.25) is 5.02 Å². The zero-order valence-corrected chi connectivity index (χ0v) is 21.3. The number of amides is 1. The van der Waals surface area contributed by atoms with Crippen LogP contribution in [0.3, 0.4) is 0 Å². The van der Waals surface area contributed by atoms with Gasteiger partial charge in [0.25, 0.3) is 0 Å². The normalized spacial score (nSPS) is 26.2. The van der Waals surface area contributed by atoms with Crippen molar-refractivity contribution in [2.75, 3.05) is 13.1 Å². The summed E-state index contributed by atoms with van der Waals surface area (Å²) in [5.41, 5.74) is -0.284. The molecule has 0 spiro atoms. The number of β-amino-alcohol motifs (C(OH)–C–C–N with tert-alkyl or cyclic N) is 1. The molecule has 10 heteroatoms. The number of hydrogen-bond donors (Lipinski definition) is 1. The van der Waals surface area contributed by atoms with E-state index < -0.39 is 45.3 Å². The third kappa shape index (κ3) is 4.90. The Bertz CT molecular complexity index is 1230. The largest absolute Gasteiger partial charge is 0.391 e. The first kappa shape index (κ1) is 25.6. The number of sulfonamides is 1. The molecule has 0 bridgehead atoms. The molecule has 194 valence electrons. The molecule has 1 aliphatic carbocycles. The quantitative estimate of drug-likeness (QED) is 0.580. The van der Waals surface area contributed by atoms with Gasteiger partial charge in [-0.2, -0.15) is 4.31 Å². The molecule has 2 aliphatic heterocycles. The van der Waals surface area contributed by atoms with Crippen molar-refractivity contribution < 1.29 is 27.1 Å². The van der Waals surface area contributed by atoms with Gasteiger partial charge in [-0.1, -0.05) is 11.6 Å². The van der Waals surface area contributed by atoms with Crippen molar-refractivity contribution in [3.8, 4) is 0 Å². The number of piperidine rings is 1. The second-order valence-electron chi connectivity index (χ2n) is 10.3. The predicted octanol–water partition coefficient (Wildman–Crippen LogP) is 4.67. The van der Waals surface area contributed by atoms with Crippen molar-refractivity contribution in [2.24, 2.45) is 5.41 Å². The smallest absolute Gasteiger partial charge is 0.243 e. The molecule has 5 rings (SSSR count). The van der Waals surface area contributed by atoms with Crippen LogP contribution >= 0.6 is 11.6 Å². The first-order chi connectivity index (χ1) is 17.1. The van der Waals surface area contributed by atoms with Crippen LogP contribution in [-0.4, -0.2) is 53.9 Å². The van der Waals surface area contributed by atoms with Crippen LogP contribution in [-0.2, 0) is 14.8 Å². The Kier molecular flexibility index (Phi) is 6.87. The van der Waals surface area contributed by atoms with Crippen molar-refractivity contribution in [1.29, 1.82) is 0 Å². The summed E-state index contributed by atoms with van der Waals surface area (Å²) in [5.74, 6) is -1.62. The second-order valence-corrected chi connectivity index (χ2v) is 12.6. The molecule has 2 heterocycles. The molecule has 3 fully saturated rings. The third-order valence-electron chi connectivity index (χ3n) is 7.85. The minimum absolute atomic E-state index is 0.0467. The zero-order chi connectivity index (χ0) is 25.7. The first-order valence-electron chi connectivity index (χ1n) is 12.3. The molecule has 1 N–H and O–H groups in total. The van der Waals surface area contributed by atoms with Crippen LogP contribution in [0, 0.1) is 17.0 Å². The highest BCUT2D eigenvalue weighted by molar-refractivity contribution is 7.89. The third-order valence-corrected chi connectivity index (χ3v) is 10.0. The maximum absolute atomic E-state index is 14.2. The molecule has 0 aromatic heterocycles. The molecule has 3 atom stereocenters. The summed E-state index contributed by atoms with van der Waals surface area (Å²) in [6.45, 7) is 0.774. The van der Waals surface area contributed by atoms with Gasteiger partial charge in [0.05, 0.1) is 17.0 Å². The van der Waals surface area contributed by atoms with E-state index in [9.17, 15) is 27.1 Å². The predicted molar refractivity (Wildman–Crippen MR) is 131 cm³/mol. The fourth-order valence-corrected chi connectivity index (χ4v) is 7.94. The number of benzene rings is 2. The summed E-state index contributed by atoms with van der Waals surface area (Å²) in [4.78, 5) is 14.8. The Morgan fingerprint density at radius 3 is 2.31 bits per heavy atom. The van der Waals surface area contributed by atoms with Gasteiger partial charge in [0, 0.05) is 36.6 Å². The number of rotatable bonds is 6. The van der Waals surface area contributed by atoms with E-state index in [1.165, 1.54) is 40.7 Å². The van der Waals surface area contributed by atoms with E-state index in [1.807, 2.05) is 0 Å². The number of aliphatic hydroxyl groups excluding tert-OH is 1. The lowest BCUT2D eigenvalue weighted by Gasteiger charge is -2.45. The van der Waals surface area contributed by atoms with Crippen molar-refractivity contribution in [3.05, 3.63) is 64.7 Å². The summed E-state index contributed by atoms with van der Waals surface area (Å²) >= 11 is 6.00. The molecule has 1 amide bonds. The molecule has 6 nitrogen and oxygen atoms in total. The van der Waals surface area contributed by atoms with Crippen molar-refractivity contribution in [1.82, 2.24) is 9.21 Å². The number of halogens is 3. The Labute approximate surface area is 214 Å². The summed E-state index contributed by atoms with van der Waals surface area (Å²) in [5, 5.41) is 10.3. The lowest BCUT2D eigenvalue weighted by atomic mass is 9.82. The highest BCUT2D eigenvalue weighted by Crippen LogP contribution is 2.58. The van der Waals surface area contributed by atoms with E-state index in [1.54, 1.807) is 4.90 Å². The summed E-state index contributed by atoms with van der Waals surface area (Å²) in [6.07, 6.45) is 3.19. The molecule has 2 saturated heterocycles. The maximum Gasteiger partial charge on any atom is 0.243 e. The van der Waals surface area contributed by atoms with Crippen molar-refractivity contribution >= 4 is 27.5 Å². The van der Waals surface area contributed by atoms with Gasteiger partial charge < -0.3 is 10.0 Å². The number of aliphatic hydroxyl groups is 1. The van der Waals surface area contributed by atoms with Crippen LogP contribution in [0.4, 0.5) is 8.78 Å². The van der Waals surface area contributed by atoms with Gasteiger partial charge in [-0.15, -0.1) is 0 Å². The first-order valence-corrected chi connectivity index (χ1v) is 14.1. The van der Waals surface area contributed by atoms with Gasteiger partial charge >= 0.3 is 0 Å². The highest BCUT2D eigenvalue weighted by Gasteiger charge is 2.57. The van der Waals surface area contributed by atoms with E-state index in [4.69, 9.17) is 11.6 Å². The fraction of sp³-hybridized carbons (Fsp3) is 0.500. The lowest BCUT2D eigenvalue weighted by Crippen LogP contribution is -2.51. The summed E-state index contributed by atoms with van der Waals surface area (Å²) in [7, 11) is -4.09. The second kappa shape index (κ2) is 9.67. The van der Waals surface area contributed by atoms with E-state index in [-0.39, 0.29) is 29.3 Å². The number of likely N-dealkylation sites (tertiary alicyclic amines) is 1. The Balaban J connectivity index is 1.54. The van der Waals surface area contributed by atoms with Crippen LogP contribution in [0.1, 0.15) is 56.6 Å². The average molecular weight is 539 g/mol.